The quantitative estimate of drug-likeness (QED) is 0.476. The highest BCUT2D eigenvalue weighted by Crippen LogP contribution is 2.35. The summed E-state index contributed by atoms with van der Waals surface area (Å²) in [6.45, 7) is -0.340. The minimum atomic E-state index is -0.544. The van der Waals surface area contributed by atoms with Crippen LogP contribution in [0.25, 0.3) is 11.1 Å². The molecule has 3 aromatic rings. The van der Waals surface area contributed by atoms with E-state index in [4.69, 9.17) is 27.9 Å². The molecule has 5 nitrogen and oxygen atoms in total. The summed E-state index contributed by atoms with van der Waals surface area (Å²) in [7, 11) is 0. The molecule has 0 saturated carbocycles. The van der Waals surface area contributed by atoms with Crippen LogP contribution in [0.1, 0.15) is 10.4 Å². The van der Waals surface area contributed by atoms with E-state index in [9.17, 15) is 9.59 Å². The van der Waals surface area contributed by atoms with Crippen molar-refractivity contribution in [3.8, 4) is 16.9 Å². The molecule has 0 aliphatic rings. The van der Waals surface area contributed by atoms with Gasteiger partial charge in [-0.1, -0.05) is 65.7 Å². The fraction of sp³-hybridized carbons (Fsp3) is 0.0476. The molecule has 29 heavy (non-hydrogen) atoms. The molecule has 3 aromatic carbocycles. The molecule has 0 atom stereocenters. The molecule has 0 bridgehead atoms. The van der Waals surface area contributed by atoms with Crippen LogP contribution in [0.4, 0.5) is 0 Å². The fourth-order valence-electron chi connectivity index (χ4n) is 2.48. The van der Waals surface area contributed by atoms with Gasteiger partial charge in [-0.15, -0.1) is 0 Å². The summed E-state index contributed by atoms with van der Waals surface area (Å²) in [6.07, 6.45) is 0. The summed E-state index contributed by atoms with van der Waals surface area (Å²) in [5.74, 6) is -0.699. The van der Waals surface area contributed by atoms with Crippen LogP contribution in [0.3, 0.4) is 0 Å². The summed E-state index contributed by atoms with van der Waals surface area (Å²) >= 11 is 15.2. The maximum absolute atomic E-state index is 12.2. The molecule has 0 fully saturated rings. The van der Waals surface area contributed by atoms with Crippen molar-refractivity contribution in [3.05, 3.63) is 86.8 Å². The number of benzene rings is 3. The number of ether oxygens (including phenoxy) is 1. The first-order valence-corrected chi connectivity index (χ1v) is 10.0. The Morgan fingerprint density at radius 1 is 0.897 bits per heavy atom. The van der Waals surface area contributed by atoms with Gasteiger partial charge in [0.15, 0.2) is 12.4 Å². The molecular formula is C21H15BrCl2N2O3. The Morgan fingerprint density at radius 3 is 2.21 bits per heavy atom. The number of carbonyl (C=O) groups is 2. The van der Waals surface area contributed by atoms with E-state index in [2.05, 4.69) is 26.8 Å². The topological polar surface area (TPSA) is 67.4 Å². The number of hydrogen-bond donors (Lipinski definition) is 2. The van der Waals surface area contributed by atoms with Crippen LogP contribution in [0, 0.1) is 0 Å². The van der Waals surface area contributed by atoms with Crippen LogP contribution in [0.15, 0.2) is 71.2 Å². The van der Waals surface area contributed by atoms with Gasteiger partial charge in [-0.05, 0) is 51.3 Å². The second kappa shape index (κ2) is 9.78. The van der Waals surface area contributed by atoms with Gasteiger partial charge < -0.3 is 4.74 Å². The molecule has 3 rings (SSSR count). The van der Waals surface area contributed by atoms with Gasteiger partial charge in [0.2, 0.25) is 0 Å². The lowest BCUT2D eigenvalue weighted by Gasteiger charge is -2.11. The van der Waals surface area contributed by atoms with E-state index < -0.39 is 11.8 Å². The molecule has 0 aromatic heterocycles. The Morgan fingerprint density at radius 2 is 1.55 bits per heavy atom. The summed E-state index contributed by atoms with van der Waals surface area (Å²) < 4.78 is 5.91. The van der Waals surface area contributed by atoms with Gasteiger partial charge in [0.05, 0.1) is 9.50 Å². The second-order valence-corrected chi connectivity index (χ2v) is 7.63. The molecule has 0 radical (unpaired) electrons. The lowest BCUT2D eigenvalue weighted by Crippen LogP contribution is -2.43. The molecule has 2 amide bonds. The highest BCUT2D eigenvalue weighted by atomic mass is 79.9. The standard InChI is InChI=1S/C21H15BrCl2N2O3/c22-17-10-16(23)11-18(24)20(17)29-12-19(27)25-26-21(28)15-8-6-14(7-9-15)13-4-2-1-3-5-13/h1-11H,12H2,(H,25,27)(H,26,28). The van der Waals surface area contributed by atoms with Crippen LogP contribution < -0.4 is 15.6 Å². The number of nitrogens with one attached hydrogen (secondary N) is 2. The van der Waals surface area contributed by atoms with E-state index in [1.165, 1.54) is 6.07 Å². The summed E-state index contributed by atoms with van der Waals surface area (Å²) in [4.78, 5) is 24.2. The largest absolute Gasteiger partial charge is 0.481 e. The zero-order valence-corrected chi connectivity index (χ0v) is 18.0. The predicted molar refractivity (Wildman–Crippen MR) is 117 cm³/mol. The molecule has 8 heteroatoms. The second-order valence-electron chi connectivity index (χ2n) is 5.93. The lowest BCUT2D eigenvalue weighted by molar-refractivity contribution is -0.123. The van der Waals surface area contributed by atoms with Crippen LogP contribution >= 0.6 is 39.1 Å². The Bertz CT molecular complexity index is 1000. The van der Waals surface area contributed by atoms with E-state index in [0.717, 1.165) is 11.1 Å². The number of hydrogen-bond acceptors (Lipinski definition) is 3. The molecule has 0 aliphatic heterocycles. The lowest BCUT2D eigenvalue weighted by atomic mass is 10.0. The third kappa shape index (κ3) is 5.73. The first-order valence-electron chi connectivity index (χ1n) is 8.46. The van der Waals surface area contributed by atoms with Crippen LogP contribution in [-0.2, 0) is 4.79 Å². The number of halogens is 3. The average Bonchev–Trinajstić information content (AvgIpc) is 2.72. The van der Waals surface area contributed by atoms with Gasteiger partial charge in [0.25, 0.3) is 11.8 Å². The van der Waals surface area contributed by atoms with Gasteiger partial charge in [-0.3, -0.25) is 20.4 Å². The molecule has 0 heterocycles. The van der Waals surface area contributed by atoms with E-state index in [1.54, 1.807) is 18.2 Å². The van der Waals surface area contributed by atoms with Crippen LogP contribution in [-0.4, -0.2) is 18.4 Å². The first kappa shape index (κ1) is 21.2. The van der Waals surface area contributed by atoms with Crippen molar-refractivity contribution in [3.63, 3.8) is 0 Å². The molecule has 0 aliphatic carbocycles. The van der Waals surface area contributed by atoms with Gasteiger partial charge >= 0.3 is 0 Å². The highest BCUT2D eigenvalue weighted by Gasteiger charge is 2.12. The zero-order valence-electron chi connectivity index (χ0n) is 14.9. The van der Waals surface area contributed by atoms with Crippen molar-refractivity contribution in [2.45, 2.75) is 0 Å². The van der Waals surface area contributed by atoms with E-state index in [1.807, 2.05) is 42.5 Å². The third-order valence-corrected chi connectivity index (χ3v) is 4.97. The summed E-state index contributed by atoms with van der Waals surface area (Å²) in [6, 6.07) is 20.0. The summed E-state index contributed by atoms with van der Waals surface area (Å²) in [5, 5.41) is 0.698. The first-order chi connectivity index (χ1) is 13.9. The van der Waals surface area contributed by atoms with Crippen molar-refractivity contribution >= 4 is 50.9 Å². The number of amides is 2. The molecule has 0 spiro atoms. The Hall–Kier alpha value is -2.54. The molecular weight excluding hydrogens is 479 g/mol. The number of hydrazine groups is 1. The summed E-state index contributed by atoms with van der Waals surface area (Å²) in [5.41, 5.74) is 7.10. The van der Waals surface area contributed by atoms with Crippen molar-refractivity contribution in [2.75, 3.05) is 6.61 Å². The van der Waals surface area contributed by atoms with Crippen LogP contribution in [0.5, 0.6) is 5.75 Å². The number of rotatable bonds is 5. The van der Waals surface area contributed by atoms with Crippen molar-refractivity contribution < 1.29 is 14.3 Å². The fourth-order valence-corrected chi connectivity index (χ4v) is 3.85. The number of carbonyl (C=O) groups excluding carboxylic acids is 2. The third-order valence-electron chi connectivity index (χ3n) is 3.88. The highest BCUT2D eigenvalue weighted by molar-refractivity contribution is 9.10. The maximum Gasteiger partial charge on any atom is 0.276 e. The maximum atomic E-state index is 12.2. The Balaban J connectivity index is 1.52. The molecule has 2 N–H and O–H groups in total. The van der Waals surface area contributed by atoms with E-state index >= 15 is 0 Å². The smallest absolute Gasteiger partial charge is 0.276 e. The van der Waals surface area contributed by atoms with E-state index in [-0.39, 0.29) is 17.4 Å². The van der Waals surface area contributed by atoms with E-state index in [0.29, 0.717) is 15.1 Å². The monoisotopic (exact) mass is 492 g/mol. The van der Waals surface area contributed by atoms with Gasteiger partial charge in [-0.25, -0.2) is 0 Å². The Labute approximate surface area is 186 Å². The molecule has 148 valence electrons. The van der Waals surface area contributed by atoms with Gasteiger partial charge in [-0.2, -0.15) is 0 Å². The molecule has 0 saturated heterocycles. The van der Waals surface area contributed by atoms with Gasteiger partial charge in [0.1, 0.15) is 0 Å². The SMILES string of the molecule is O=C(COc1c(Cl)cc(Cl)cc1Br)NNC(=O)c1ccc(-c2ccccc2)cc1. The minimum Gasteiger partial charge on any atom is -0.481 e. The normalized spacial score (nSPS) is 10.3. The van der Waals surface area contributed by atoms with Crippen LogP contribution in [0.2, 0.25) is 10.0 Å². The zero-order chi connectivity index (χ0) is 20.8. The molecule has 0 unspecified atom stereocenters. The van der Waals surface area contributed by atoms with Gasteiger partial charge in [0, 0.05) is 10.6 Å². The predicted octanol–water partition coefficient (Wildman–Crippen LogP) is 5.26. The van der Waals surface area contributed by atoms with Crippen molar-refractivity contribution in [1.82, 2.24) is 10.9 Å². The van der Waals surface area contributed by atoms with Crippen molar-refractivity contribution in [1.29, 1.82) is 0 Å². The van der Waals surface area contributed by atoms with Crippen molar-refractivity contribution in [2.24, 2.45) is 0 Å². The average molecular weight is 494 g/mol. The Kier molecular flexibility index (Phi) is 7.14. The minimum absolute atomic E-state index is 0.264.